The van der Waals surface area contributed by atoms with Gasteiger partial charge in [0.05, 0.1) is 11.5 Å². The quantitative estimate of drug-likeness (QED) is 0.826. The minimum atomic E-state index is -0.815. The lowest BCUT2D eigenvalue weighted by Crippen LogP contribution is -2.54. The van der Waals surface area contributed by atoms with Gasteiger partial charge in [-0.2, -0.15) is 0 Å². The van der Waals surface area contributed by atoms with Crippen LogP contribution in [0.5, 0.6) is 0 Å². The van der Waals surface area contributed by atoms with Crippen LogP contribution in [-0.2, 0) is 9.59 Å². The van der Waals surface area contributed by atoms with Gasteiger partial charge in [0, 0.05) is 13.1 Å². The first kappa shape index (κ1) is 17.0. The Labute approximate surface area is 121 Å². The van der Waals surface area contributed by atoms with Gasteiger partial charge in [-0.15, -0.1) is 0 Å². The van der Waals surface area contributed by atoms with E-state index in [1.54, 1.807) is 18.7 Å². The summed E-state index contributed by atoms with van der Waals surface area (Å²) in [5.74, 6) is -0.898. The summed E-state index contributed by atoms with van der Waals surface area (Å²) in [4.78, 5) is 25.5. The van der Waals surface area contributed by atoms with Crippen molar-refractivity contribution in [2.75, 3.05) is 13.1 Å². The average Bonchev–Trinajstić information content (AvgIpc) is 2.35. The number of nitrogens with zero attached hydrogens (tertiary/aromatic N) is 1. The van der Waals surface area contributed by atoms with Gasteiger partial charge in [0.25, 0.3) is 0 Å². The van der Waals surface area contributed by atoms with Crippen molar-refractivity contribution in [3.05, 3.63) is 0 Å². The number of carboxylic acids is 1. The van der Waals surface area contributed by atoms with Crippen LogP contribution >= 0.6 is 0 Å². The number of nitrogens with two attached hydrogens (primary N) is 1. The standard InChI is InChI=1S/C15H28N2O3/c1-14(2,3)11(16)12(18)17-8-6-7-10(9-17)15(4,5)13(19)20/h10-11H,6-9,16H2,1-5H3,(H,19,20)/t10?,11-/m0/s1. The molecule has 1 unspecified atom stereocenters. The maximum atomic E-state index is 12.4. The van der Waals surface area contributed by atoms with Crippen LogP contribution in [0.15, 0.2) is 0 Å². The van der Waals surface area contributed by atoms with Crippen molar-refractivity contribution in [3.63, 3.8) is 0 Å². The monoisotopic (exact) mass is 284 g/mol. The van der Waals surface area contributed by atoms with Crippen LogP contribution in [0.3, 0.4) is 0 Å². The van der Waals surface area contributed by atoms with Crippen molar-refractivity contribution in [3.8, 4) is 0 Å². The Hall–Kier alpha value is -1.10. The average molecular weight is 284 g/mol. The molecule has 5 nitrogen and oxygen atoms in total. The van der Waals surface area contributed by atoms with Gasteiger partial charge in [-0.05, 0) is 38.0 Å². The molecule has 1 saturated heterocycles. The molecular weight excluding hydrogens is 256 g/mol. The van der Waals surface area contributed by atoms with Crippen LogP contribution in [0, 0.1) is 16.7 Å². The van der Waals surface area contributed by atoms with E-state index in [-0.39, 0.29) is 17.2 Å². The van der Waals surface area contributed by atoms with E-state index >= 15 is 0 Å². The van der Waals surface area contributed by atoms with Crippen LogP contribution in [-0.4, -0.2) is 41.0 Å². The van der Waals surface area contributed by atoms with Gasteiger partial charge in [0.1, 0.15) is 0 Å². The smallest absolute Gasteiger partial charge is 0.309 e. The lowest BCUT2D eigenvalue weighted by Gasteiger charge is -2.41. The number of rotatable bonds is 3. The molecule has 1 heterocycles. The maximum absolute atomic E-state index is 12.4. The van der Waals surface area contributed by atoms with Gasteiger partial charge in [-0.3, -0.25) is 9.59 Å². The highest BCUT2D eigenvalue weighted by Gasteiger charge is 2.41. The molecule has 116 valence electrons. The lowest BCUT2D eigenvalue weighted by atomic mass is 9.74. The molecule has 1 aliphatic heterocycles. The fourth-order valence-electron chi connectivity index (χ4n) is 2.51. The predicted octanol–water partition coefficient (Wildman–Crippen LogP) is 1.71. The third kappa shape index (κ3) is 3.51. The zero-order valence-electron chi connectivity index (χ0n) is 13.3. The summed E-state index contributed by atoms with van der Waals surface area (Å²) >= 11 is 0. The van der Waals surface area contributed by atoms with Gasteiger partial charge in [0.2, 0.25) is 5.91 Å². The van der Waals surface area contributed by atoms with E-state index in [0.29, 0.717) is 13.1 Å². The first-order chi connectivity index (χ1) is 8.98. The first-order valence-corrected chi connectivity index (χ1v) is 7.25. The van der Waals surface area contributed by atoms with Crippen molar-refractivity contribution in [1.82, 2.24) is 4.90 Å². The Morgan fingerprint density at radius 2 is 1.80 bits per heavy atom. The third-order valence-electron chi connectivity index (χ3n) is 4.50. The second-order valence-electron chi connectivity index (χ2n) is 7.49. The zero-order valence-corrected chi connectivity index (χ0v) is 13.3. The van der Waals surface area contributed by atoms with Crippen molar-refractivity contribution < 1.29 is 14.7 Å². The van der Waals surface area contributed by atoms with E-state index in [0.717, 1.165) is 12.8 Å². The Bertz CT molecular complexity index is 385. The second kappa shape index (κ2) is 5.72. The molecule has 1 aliphatic rings. The van der Waals surface area contributed by atoms with E-state index in [2.05, 4.69) is 0 Å². The summed E-state index contributed by atoms with van der Waals surface area (Å²) < 4.78 is 0. The second-order valence-corrected chi connectivity index (χ2v) is 7.49. The number of carboxylic acid groups (broad SMARTS) is 1. The molecule has 20 heavy (non-hydrogen) atoms. The van der Waals surface area contributed by atoms with Crippen molar-refractivity contribution >= 4 is 11.9 Å². The summed E-state index contributed by atoms with van der Waals surface area (Å²) in [5, 5.41) is 9.33. The topological polar surface area (TPSA) is 83.6 Å². The predicted molar refractivity (Wildman–Crippen MR) is 78.2 cm³/mol. The number of hydrogen-bond donors (Lipinski definition) is 2. The SMILES string of the molecule is CC(C)(C(=O)O)C1CCCN(C(=O)[C@H](N)C(C)(C)C)C1. The molecular formula is C15H28N2O3. The fourth-order valence-corrected chi connectivity index (χ4v) is 2.51. The summed E-state index contributed by atoms with van der Waals surface area (Å²) in [5.41, 5.74) is 4.93. The van der Waals surface area contributed by atoms with Gasteiger partial charge in [-0.25, -0.2) is 0 Å². The summed E-state index contributed by atoms with van der Waals surface area (Å²) in [6.07, 6.45) is 1.68. The molecule has 1 fully saturated rings. The molecule has 0 aromatic rings. The normalized spacial score (nSPS) is 22.5. The summed E-state index contributed by atoms with van der Waals surface area (Å²) in [7, 11) is 0. The third-order valence-corrected chi connectivity index (χ3v) is 4.50. The van der Waals surface area contributed by atoms with Crippen molar-refractivity contribution in [2.45, 2.75) is 53.5 Å². The molecule has 5 heteroatoms. The van der Waals surface area contributed by atoms with E-state index in [1.165, 1.54) is 0 Å². The number of amides is 1. The van der Waals surface area contributed by atoms with Crippen LogP contribution in [0.4, 0.5) is 0 Å². The Morgan fingerprint density at radius 1 is 1.25 bits per heavy atom. The van der Waals surface area contributed by atoms with E-state index in [9.17, 15) is 14.7 Å². The molecule has 1 amide bonds. The summed E-state index contributed by atoms with van der Waals surface area (Å²) in [6.45, 7) is 10.5. The lowest BCUT2D eigenvalue weighted by molar-refractivity contribution is -0.153. The van der Waals surface area contributed by atoms with Crippen LogP contribution in [0.25, 0.3) is 0 Å². The molecule has 0 aromatic heterocycles. The number of carbonyl (C=O) groups excluding carboxylic acids is 1. The zero-order chi connectivity index (χ0) is 15.7. The van der Waals surface area contributed by atoms with Gasteiger partial charge in [0.15, 0.2) is 0 Å². The number of likely N-dealkylation sites (tertiary alicyclic amines) is 1. The van der Waals surface area contributed by atoms with Gasteiger partial charge in [-0.1, -0.05) is 20.8 Å². The van der Waals surface area contributed by atoms with Crippen LogP contribution in [0.1, 0.15) is 47.5 Å². The van der Waals surface area contributed by atoms with E-state index in [1.807, 2.05) is 20.8 Å². The maximum Gasteiger partial charge on any atom is 0.309 e. The van der Waals surface area contributed by atoms with Crippen LogP contribution < -0.4 is 5.73 Å². The van der Waals surface area contributed by atoms with Gasteiger partial charge >= 0.3 is 5.97 Å². The highest BCUT2D eigenvalue weighted by atomic mass is 16.4. The van der Waals surface area contributed by atoms with E-state index < -0.39 is 17.4 Å². The Morgan fingerprint density at radius 3 is 2.25 bits per heavy atom. The molecule has 3 N–H and O–H groups in total. The summed E-state index contributed by atoms with van der Waals surface area (Å²) in [6, 6.07) is -0.547. The molecule has 0 aliphatic carbocycles. The number of aliphatic carboxylic acids is 1. The molecule has 0 bridgehead atoms. The largest absolute Gasteiger partial charge is 0.481 e. The molecule has 0 radical (unpaired) electrons. The molecule has 0 saturated carbocycles. The highest BCUT2D eigenvalue weighted by Crippen LogP contribution is 2.34. The minimum absolute atomic E-state index is 0.0233. The fraction of sp³-hybridized carbons (Fsp3) is 0.867. The number of carbonyl (C=O) groups is 2. The molecule has 2 atom stereocenters. The Kier molecular flexibility index (Phi) is 4.85. The molecule has 0 spiro atoms. The van der Waals surface area contributed by atoms with Crippen molar-refractivity contribution in [2.24, 2.45) is 22.5 Å². The minimum Gasteiger partial charge on any atom is -0.481 e. The number of hydrogen-bond acceptors (Lipinski definition) is 3. The van der Waals surface area contributed by atoms with Crippen molar-refractivity contribution in [1.29, 1.82) is 0 Å². The highest BCUT2D eigenvalue weighted by molar-refractivity contribution is 5.82. The first-order valence-electron chi connectivity index (χ1n) is 7.25. The molecule has 1 rings (SSSR count). The van der Waals surface area contributed by atoms with Gasteiger partial charge < -0.3 is 15.7 Å². The Balaban J connectivity index is 2.80. The van der Waals surface area contributed by atoms with Crippen LogP contribution in [0.2, 0.25) is 0 Å². The van der Waals surface area contributed by atoms with E-state index in [4.69, 9.17) is 5.73 Å². The number of piperidine rings is 1. The molecule has 0 aromatic carbocycles.